The third-order valence-electron chi connectivity index (χ3n) is 3.71. The molecule has 0 saturated carbocycles. The zero-order valence-corrected chi connectivity index (χ0v) is 15.9. The molecule has 0 aliphatic heterocycles. The van der Waals surface area contributed by atoms with Gasteiger partial charge in [-0.05, 0) is 42.0 Å². The Balaban J connectivity index is 0.00000243. The highest BCUT2D eigenvalue weighted by Gasteiger charge is 2.12. The molecule has 0 radical (unpaired) electrons. The number of hydrogen-bond acceptors (Lipinski definition) is 3. The molecule has 0 spiro atoms. The number of furan rings is 1. The Morgan fingerprint density at radius 1 is 1.00 bits per heavy atom. The molecule has 1 aromatic heterocycles. The van der Waals surface area contributed by atoms with Crippen LogP contribution in [0.1, 0.15) is 21.7 Å². The lowest BCUT2D eigenvalue weighted by Gasteiger charge is -2.05. The van der Waals surface area contributed by atoms with E-state index in [9.17, 15) is 4.79 Å². The molecule has 3 aromatic rings. The second-order valence-electron chi connectivity index (χ2n) is 5.46. The second kappa shape index (κ2) is 9.10. The summed E-state index contributed by atoms with van der Waals surface area (Å²) in [5.41, 5.74) is 1.72. The molecule has 0 amide bonds. The summed E-state index contributed by atoms with van der Waals surface area (Å²) >= 11 is 12.3. The minimum atomic E-state index is -1.01. The molecule has 0 unspecified atom stereocenters. The number of carbonyl (C=O) groups is 1. The summed E-state index contributed by atoms with van der Waals surface area (Å²) in [6.45, 7) is 1.13. The summed E-state index contributed by atoms with van der Waals surface area (Å²) in [6.07, 6.45) is 0. The van der Waals surface area contributed by atoms with Gasteiger partial charge in [0.2, 0.25) is 0 Å². The number of carboxylic acids is 1. The number of benzene rings is 2. The molecule has 0 aliphatic carbocycles. The van der Waals surface area contributed by atoms with Crippen LogP contribution in [0, 0.1) is 0 Å². The summed E-state index contributed by atoms with van der Waals surface area (Å²) in [5.74, 6) is 0.243. The quantitative estimate of drug-likeness (QED) is 0.548. The number of nitrogens with one attached hydrogen (secondary N) is 1. The fraction of sp³-hybridized carbons (Fsp3) is 0.105. The van der Waals surface area contributed by atoms with Gasteiger partial charge in [0, 0.05) is 17.1 Å². The van der Waals surface area contributed by atoms with Crippen LogP contribution in [0.25, 0.3) is 11.3 Å². The van der Waals surface area contributed by atoms with Crippen LogP contribution in [0.5, 0.6) is 0 Å². The van der Waals surface area contributed by atoms with Gasteiger partial charge in [0.05, 0.1) is 17.1 Å². The van der Waals surface area contributed by atoms with Crippen LogP contribution in [0.3, 0.4) is 0 Å². The van der Waals surface area contributed by atoms with E-state index in [0.29, 0.717) is 34.5 Å². The van der Waals surface area contributed by atoms with Crippen LogP contribution in [-0.4, -0.2) is 11.1 Å². The largest absolute Gasteiger partial charge is 0.478 e. The van der Waals surface area contributed by atoms with Crippen molar-refractivity contribution < 1.29 is 14.3 Å². The van der Waals surface area contributed by atoms with Crippen LogP contribution >= 0.6 is 35.6 Å². The van der Waals surface area contributed by atoms with Crippen molar-refractivity contribution in [2.45, 2.75) is 13.1 Å². The topological polar surface area (TPSA) is 62.5 Å². The van der Waals surface area contributed by atoms with E-state index >= 15 is 0 Å². The lowest BCUT2D eigenvalue weighted by Crippen LogP contribution is -2.12. The summed E-state index contributed by atoms with van der Waals surface area (Å²) in [6, 6.07) is 15.8. The van der Waals surface area contributed by atoms with Gasteiger partial charge in [-0.25, -0.2) is 4.79 Å². The van der Waals surface area contributed by atoms with Crippen molar-refractivity contribution in [2.24, 2.45) is 0 Å². The Hall–Kier alpha value is -1.98. The number of carboxylic acid groups (broad SMARTS) is 1. The minimum absolute atomic E-state index is 0. The second-order valence-corrected chi connectivity index (χ2v) is 6.28. The molecular formula is C19H16Cl3NO3. The van der Waals surface area contributed by atoms with Crippen LogP contribution in [0.15, 0.2) is 59.0 Å². The average molecular weight is 413 g/mol. The third-order valence-corrected chi connectivity index (χ3v) is 4.41. The first-order valence-corrected chi connectivity index (χ1v) is 8.36. The van der Waals surface area contributed by atoms with Crippen LogP contribution in [0.4, 0.5) is 0 Å². The normalized spacial score (nSPS) is 10.4. The Bertz CT molecular complexity index is 909. The van der Waals surface area contributed by atoms with Gasteiger partial charge in [-0.15, -0.1) is 12.4 Å². The molecular weight excluding hydrogens is 397 g/mol. The van der Waals surface area contributed by atoms with E-state index in [2.05, 4.69) is 5.32 Å². The fourth-order valence-corrected chi connectivity index (χ4v) is 2.84. The van der Waals surface area contributed by atoms with Crippen LogP contribution < -0.4 is 5.32 Å². The molecule has 2 aromatic carbocycles. The van der Waals surface area contributed by atoms with Gasteiger partial charge in [0.25, 0.3) is 0 Å². The fourth-order valence-electron chi connectivity index (χ4n) is 2.43. The zero-order valence-electron chi connectivity index (χ0n) is 13.5. The molecule has 1 heterocycles. The first-order valence-electron chi connectivity index (χ1n) is 7.60. The van der Waals surface area contributed by atoms with Gasteiger partial charge < -0.3 is 14.8 Å². The lowest BCUT2D eigenvalue weighted by atomic mass is 10.1. The van der Waals surface area contributed by atoms with Gasteiger partial charge in [0.15, 0.2) is 0 Å². The van der Waals surface area contributed by atoms with Gasteiger partial charge in [0.1, 0.15) is 11.5 Å². The van der Waals surface area contributed by atoms with E-state index in [1.807, 2.05) is 30.3 Å². The highest BCUT2D eigenvalue weighted by atomic mass is 35.5. The highest BCUT2D eigenvalue weighted by molar-refractivity contribution is 6.33. The summed E-state index contributed by atoms with van der Waals surface area (Å²) in [4.78, 5) is 11.1. The summed E-state index contributed by atoms with van der Waals surface area (Å²) in [7, 11) is 0. The number of halogens is 3. The van der Waals surface area contributed by atoms with E-state index < -0.39 is 5.97 Å². The molecule has 4 nitrogen and oxygen atoms in total. The predicted molar refractivity (Wildman–Crippen MR) is 105 cm³/mol. The van der Waals surface area contributed by atoms with E-state index in [1.54, 1.807) is 12.1 Å². The predicted octanol–water partition coefficient (Wildman–Crippen LogP) is 5.66. The summed E-state index contributed by atoms with van der Waals surface area (Å²) < 4.78 is 5.78. The SMILES string of the molecule is Cl.O=C(O)c1ccc(Cl)c(-c2ccc(CNCc3ccccc3Cl)o2)c1. The van der Waals surface area contributed by atoms with Crippen molar-refractivity contribution in [1.29, 1.82) is 0 Å². The number of rotatable bonds is 6. The molecule has 0 bridgehead atoms. The molecule has 0 saturated heterocycles. The molecule has 3 rings (SSSR count). The van der Waals surface area contributed by atoms with Gasteiger partial charge in [-0.2, -0.15) is 0 Å². The first kappa shape index (κ1) is 20.3. The maximum absolute atomic E-state index is 11.1. The van der Waals surface area contributed by atoms with E-state index in [4.69, 9.17) is 32.7 Å². The Kier molecular flexibility index (Phi) is 7.12. The van der Waals surface area contributed by atoms with Crippen LogP contribution in [0.2, 0.25) is 10.0 Å². The molecule has 136 valence electrons. The van der Waals surface area contributed by atoms with E-state index in [0.717, 1.165) is 11.3 Å². The molecule has 0 atom stereocenters. The average Bonchev–Trinajstić information content (AvgIpc) is 3.05. The molecule has 7 heteroatoms. The molecule has 0 aliphatic rings. The van der Waals surface area contributed by atoms with E-state index in [1.165, 1.54) is 12.1 Å². The maximum atomic E-state index is 11.1. The first-order chi connectivity index (χ1) is 12.0. The zero-order chi connectivity index (χ0) is 17.8. The minimum Gasteiger partial charge on any atom is -0.478 e. The molecule has 2 N–H and O–H groups in total. The number of aromatic carboxylic acids is 1. The van der Waals surface area contributed by atoms with Gasteiger partial charge >= 0.3 is 5.97 Å². The van der Waals surface area contributed by atoms with Crippen molar-refractivity contribution >= 4 is 41.6 Å². The van der Waals surface area contributed by atoms with Crippen molar-refractivity contribution in [1.82, 2.24) is 5.32 Å². The van der Waals surface area contributed by atoms with Crippen molar-refractivity contribution in [3.05, 3.63) is 81.5 Å². The smallest absolute Gasteiger partial charge is 0.335 e. The van der Waals surface area contributed by atoms with Crippen molar-refractivity contribution in [2.75, 3.05) is 0 Å². The Morgan fingerprint density at radius 2 is 1.77 bits per heavy atom. The van der Waals surface area contributed by atoms with Crippen molar-refractivity contribution in [3.63, 3.8) is 0 Å². The Morgan fingerprint density at radius 3 is 2.50 bits per heavy atom. The maximum Gasteiger partial charge on any atom is 0.335 e. The van der Waals surface area contributed by atoms with Crippen LogP contribution in [-0.2, 0) is 13.1 Å². The summed E-state index contributed by atoms with van der Waals surface area (Å²) in [5, 5.41) is 13.5. The van der Waals surface area contributed by atoms with Gasteiger partial charge in [-0.1, -0.05) is 41.4 Å². The van der Waals surface area contributed by atoms with Gasteiger partial charge in [-0.3, -0.25) is 0 Å². The van der Waals surface area contributed by atoms with E-state index in [-0.39, 0.29) is 18.0 Å². The standard InChI is InChI=1S/C19H15Cl2NO3.ClH/c20-16-4-2-1-3-13(16)10-22-11-14-6-8-18(25-14)15-9-12(19(23)24)5-7-17(15)21;/h1-9,22H,10-11H2,(H,23,24);1H. The lowest BCUT2D eigenvalue weighted by molar-refractivity contribution is 0.0697. The molecule has 26 heavy (non-hydrogen) atoms. The monoisotopic (exact) mass is 411 g/mol. The highest BCUT2D eigenvalue weighted by Crippen LogP contribution is 2.30. The third kappa shape index (κ3) is 4.80. The van der Waals surface area contributed by atoms with Crippen molar-refractivity contribution in [3.8, 4) is 11.3 Å². The Labute approximate surface area is 167 Å². The number of hydrogen-bond donors (Lipinski definition) is 2. The molecule has 0 fully saturated rings.